The second-order valence-corrected chi connectivity index (χ2v) is 8.36. The molecule has 0 aromatic heterocycles. The Labute approximate surface area is 170 Å². The summed E-state index contributed by atoms with van der Waals surface area (Å²) in [6.07, 6.45) is 4.87. The molecule has 5 heteroatoms. The van der Waals surface area contributed by atoms with Crippen molar-refractivity contribution >= 4 is 23.2 Å². The molecule has 0 heterocycles. The number of quaternary nitrogens is 1. The van der Waals surface area contributed by atoms with Gasteiger partial charge in [0.25, 0.3) is 5.91 Å². The van der Waals surface area contributed by atoms with E-state index in [1.165, 1.54) is 19.3 Å². The molecule has 5 nitrogen and oxygen atoms in total. The highest BCUT2D eigenvalue weighted by Gasteiger charge is 2.31. The SMILES string of the molecule is C[C@H]([NH2+][C@@H]1CCCC[C@@H]1C)C(=O)Nc1ccc2c(c1)C(=O)c1ccccc1C2=O. The van der Waals surface area contributed by atoms with Crippen LogP contribution in [0.1, 0.15) is 71.4 Å². The minimum atomic E-state index is -0.213. The van der Waals surface area contributed by atoms with Crippen molar-refractivity contribution < 1.29 is 19.7 Å². The first-order valence-corrected chi connectivity index (χ1v) is 10.4. The van der Waals surface area contributed by atoms with Crippen molar-refractivity contribution in [3.8, 4) is 0 Å². The van der Waals surface area contributed by atoms with Crippen LogP contribution in [0.3, 0.4) is 0 Å². The van der Waals surface area contributed by atoms with Crippen molar-refractivity contribution in [1.82, 2.24) is 0 Å². The Bertz CT molecular complexity index is 982. The molecule has 2 aliphatic carbocycles. The summed E-state index contributed by atoms with van der Waals surface area (Å²) in [4.78, 5) is 38.3. The van der Waals surface area contributed by atoms with Crippen molar-refractivity contribution in [1.29, 1.82) is 0 Å². The van der Waals surface area contributed by atoms with Crippen LogP contribution < -0.4 is 10.6 Å². The van der Waals surface area contributed by atoms with E-state index in [0.29, 0.717) is 39.9 Å². The fourth-order valence-corrected chi connectivity index (χ4v) is 4.52. The van der Waals surface area contributed by atoms with Gasteiger partial charge in [-0.15, -0.1) is 0 Å². The number of carbonyl (C=O) groups excluding carboxylic acids is 3. The summed E-state index contributed by atoms with van der Waals surface area (Å²) in [7, 11) is 0. The van der Waals surface area contributed by atoms with Gasteiger partial charge in [0.2, 0.25) is 0 Å². The summed E-state index contributed by atoms with van der Waals surface area (Å²) in [5.41, 5.74) is 2.14. The summed E-state index contributed by atoms with van der Waals surface area (Å²) in [5, 5.41) is 5.09. The maximum absolute atomic E-state index is 12.9. The minimum absolute atomic E-state index is 0.0855. The highest BCUT2D eigenvalue weighted by molar-refractivity contribution is 6.28. The summed E-state index contributed by atoms with van der Waals surface area (Å²) in [6, 6.07) is 12.1. The molecule has 4 rings (SSSR count). The fraction of sp³-hybridized carbons (Fsp3) is 0.375. The van der Waals surface area contributed by atoms with Crippen molar-refractivity contribution in [2.45, 2.75) is 51.6 Å². The normalized spacial score (nSPS) is 21.9. The number of ketones is 2. The zero-order valence-electron chi connectivity index (χ0n) is 16.9. The molecule has 0 aliphatic heterocycles. The van der Waals surface area contributed by atoms with Gasteiger partial charge >= 0.3 is 0 Å². The quantitative estimate of drug-likeness (QED) is 0.718. The van der Waals surface area contributed by atoms with Crippen LogP contribution in [-0.2, 0) is 4.79 Å². The predicted octanol–water partition coefficient (Wildman–Crippen LogP) is 2.93. The first kappa shape index (κ1) is 19.5. The molecule has 0 unspecified atom stereocenters. The lowest BCUT2D eigenvalue weighted by Crippen LogP contribution is -2.97. The van der Waals surface area contributed by atoms with Crippen molar-refractivity contribution in [2.75, 3.05) is 5.32 Å². The lowest BCUT2D eigenvalue weighted by atomic mass is 9.84. The van der Waals surface area contributed by atoms with Crippen LogP contribution >= 0.6 is 0 Å². The number of anilines is 1. The summed E-state index contributed by atoms with van der Waals surface area (Å²) in [6.45, 7) is 4.18. The number of nitrogens with one attached hydrogen (secondary N) is 1. The maximum atomic E-state index is 12.9. The third-order valence-electron chi connectivity index (χ3n) is 6.32. The molecule has 2 aliphatic rings. The molecule has 150 valence electrons. The number of carbonyl (C=O) groups is 3. The van der Waals surface area contributed by atoms with Crippen LogP contribution in [0.5, 0.6) is 0 Å². The molecule has 0 bridgehead atoms. The first-order chi connectivity index (χ1) is 14.0. The molecule has 0 radical (unpaired) electrons. The van der Waals surface area contributed by atoms with Gasteiger partial charge in [0.05, 0.1) is 6.04 Å². The number of amides is 1. The second-order valence-electron chi connectivity index (χ2n) is 8.36. The van der Waals surface area contributed by atoms with Gasteiger partial charge in [0, 0.05) is 33.9 Å². The highest BCUT2D eigenvalue weighted by Crippen LogP contribution is 2.29. The third-order valence-corrected chi connectivity index (χ3v) is 6.32. The molecule has 2 aromatic rings. The average Bonchev–Trinajstić information content (AvgIpc) is 2.73. The molecule has 3 atom stereocenters. The number of nitrogens with two attached hydrogens (primary N) is 1. The van der Waals surface area contributed by atoms with Crippen molar-refractivity contribution in [3.63, 3.8) is 0 Å². The van der Waals surface area contributed by atoms with E-state index in [4.69, 9.17) is 0 Å². The molecule has 1 amide bonds. The van der Waals surface area contributed by atoms with Crippen LogP contribution in [0.2, 0.25) is 0 Å². The number of hydrogen-bond donors (Lipinski definition) is 2. The fourth-order valence-electron chi connectivity index (χ4n) is 4.52. The Morgan fingerprint density at radius 2 is 1.59 bits per heavy atom. The molecule has 3 N–H and O–H groups in total. The van der Waals surface area contributed by atoms with E-state index in [2.05, 4.69) is 17.6 Å². The Hall–Kier alpha value is -2.79. The molecule has 29 heavy (non-hydrogen) atoms. The molecular weight excluding hydrogens is 364 g/mol. The average molecular weight is 391 g/mol. The monoisotopic (exact) mass is 391 g/mol. The van der Waals surface area contributed by atoms with Gasteiger partial charge in [-0.3, -0.25) is 14.4 Å². The van der Waals surface area contributed by atoms with Crippen LogP contribution in [0.25, 0.3) is 0 Å². The van der Waals surface area contributed by atoms with Crippen molar-refractivity contribution in [2.24, 2.45) is 5.92 Å². The van der Waals surface area contributed by atoms with Gasteiger partial charge in [0.15, 0.2) is 17.6 Å². The second kappa shape index (κ2) is 7.91. The summed E-state index contributed by atoms with van der Waals surface area (Å²) in [5.74, 6) is 0.201. The Kier molecular flexibility index (Phi) is 5.33. The highest BCUT2D eigenvalue weighted by atomic mass is 16.2. The van der Waals surface area contributed by atoms with Crippen LogP contribution in [0.15, 0.2) is 42.5 Å². The lowest BCUT2D eigenvalue weighted by molar-refractivity contribution is -0.714. The van der Waals surface area contributed by atoms with Crippen LogP contribution in [0.4, 0.5) is 5.69 Å². The number of hydrogen-bond acceptors (Lipinski definition) is 3. The largest absolute Gasteiger partial charge is 0.334 e. The number of rotatable bonds is 4. The van der Waals surface area contributed by atoms with E-state index < -0.39 is 0 Å². The Morgan fingerprint density at radius 3 is 2.28 bits per heavy atom. The van der Waals surface area contributed by atoms with E-state index in [0.717, 1.165) is 6.42 Å². The standard InChI is InChI=1S/C24H26N2O3/c1-14-7-3-6-10-21(14)25-15(2)24(29)26-16-11-12-19-20(13-16)23(28)18-9-5-4-8-17(18)22(19)27/h4-5,8-9,11-15,21,25H,3,6-7,10H2,1-2H3,(H,26,29)/p+1/t14-,15-,21+/m0/s1. The van der Waals surface area contributed by atoms with Gasteiger partial charge in [-0.1, -0.05) is 37.6 Å². The zero-order chi connectivity index (χ0) is 20.5. The number of benzene rings is 2. The Morgan fingerprint density at radius 1 is 0.966 bits per heavy atom. The molecule has 0 saturated heterocycles. The molecule has 1 fully saturated rings. The maximum Gasteiger partial charge on any atom is 0.282 e. The van der Waals surface area contributed by atoms with Gasteiger partial charge in [-0.05, 0) is 44.4 Å². The predicted molar refractivity (Wildman–Crippen MR) is 111 cm³/mol. The molecular formula is C24H27N2O3+. The molecule has 2 aromatic carbocycles. The van der Waals surface area contributed by atoms with Gasteiger partial charge in [-0.25, -0.2) is 0 Å². The van der Waals surface area contributed by atoms with E-state index in [9.17, 15) is 14.4 Å². The van der Waals surface area contributed by atoms with Crippen LogP contribution in [0, 0.1) is 5.92 Å². The van der Waals surface area contributed by atoms with Gasteiger partial charge in [0.1, 0.15) is 0 Å². The Balaban J connectivity index is 1.50. The van der Waals surface area contributed by atoms with Gasteiger partial charge in [-0.2, -0.15) is 0 Å². The lowest BCUT2D eigenvalue weighted by Gasteiger charge is -2.28. The van der Waals surface area contributed by atoms with Crippen LogP contribution in [-0.4, -0.2) is 29.6 Å². The van der Waals surface area contributed by atoms with Crippen molar-refractivity contribution in [3.05, 3.63) is 64.7 Å². The van der Waals surface area contributed by atoms with E-state index in [-0.39, 0.29) is 23.5 Å². The third kappa shape index (κ3) is 3.75. The number of fused-ring (bicyclic) bond motifs is 2. The van der Waals surface area contributed by atoms with E-state index >= 15 is 0 Å². The topological polar surface area (TPSA) is 79.8 Å². The summed E-state index contributed by atoms with van der Waals surface area (Å²) >= 11 is 0. The zero-order valence-corrected chi connectivity index (χ0v) is 16.9. The van der Waals surface area contributed by atoms with E-state index in [1.54, 1.807) is 42.5 Å². The molecule has 1 saturated carbocycles. The van der Waals surface area contributed by atoms with Gasteiger partial charge < -0.3 is 10.6 Å². The van der Waals surface area contributed by atoms with E-state index in [1.807, 2.05) is 6.92 Å². The minimum Gasteiger partial charge on any atom is -0.334 e. The first-order valence-electron chi connectivity index (χ1n) is 10.4. The molecule has 0 spiro atoms. The smallest absolute Gasteiger partial charge is 0.282 e. The summed E-state index contributed by atoms with van der Waals surface area (Å²) < 4.78 is 0.